The molecule has 1 heteroatoms. The first-order valence-electron chi connectivity index (χ1n) is 4.65. The fourth-order valence-electron chi connectivity index (χ4n) is 1.11. The van der Waals surface area contributed by atoms with E-state index in [1.54, 1.807) is 0 Å². The van der Waals surface area contributed by atoms with E-state index >= 15 is 0 Å². The monoisotopic (exact) mass is 176 g/mol. The zero-order valence-corrected chi connectivity index (χ0v) is 9.66. The Balaban J connectivity index is 2.36. The molecular weight excluding hydrogens is 160 g/mol. The molecule has 0 saturated heterocycles. The van der Waals surface area contributed by atoms with Crippen molar-refractivity contribution < 1.29 is 0 Å². The van der Waals surface area contributed by atoms with Gasteiger partial charge < -0.3 is 0 Å². The van der Waals surface area contributed by atoms with Crippen molar-refractivity contribution in [3.8, 4) is 0 Å². The van der Waals surface area contributed by atoms with Crippen LogP contribution in [0.1, 0.15) is 18.4 Å². The van der Waals surface area contributed by atoms with Gasteiger partial charge in [0.2, 0.25) is 0 Å². The fraction of sp³-hybridized carbons (Fsp3) is 0.273. The molecule has 0 bridgehead atoms. The van der Waals surface area contributed by atoms with Gasteiger partial charge >= 0.3 is 0 Å². The minimum Gasteiger partial charge on any atom is -0.0840 e. The molecule has 0 amide bonds. The van der Waals surface area contributed by atoms with Crippen LogP contribution >= 0.6 is 0 Å². The molecule has 0 nitrogen and oxygen atoms in total. The van der Waals surface area contributed by atoms with Crippen LogP contribution in [-0.4, -0.2) is 10.2 Å². The Hall–Kier alpha value is -0.823. The van der Waals surface area contributed by atoms with Crippen LogP contribution in [-0.2, 0) is 0 Å². The molecule has 0 atom stereocenters. The third-order valence-corrected chi connectivity index (χ3v) is 2.54. The number of unbranched alkanes of at least 4 members (excludes halogenated alkanes) is 1. The first-order valence-corrected chi connectivity index (χ1v) is 6.06. The van der Waals surface area contributed by atoms with E-state index in [-0.39, 0.29) is 0 Å². The van der Waals surface area contributed by atoms with Gasteiger partial charge in [-0.3, -0.25) is 0 Å². The maximum atomic E-state index is 2.27. The molecule has 0 saturated carbocycles. The number of hydrogen-bond donors (Lipinski definition) is 0. The van der Waals surface area contributed by atoms with Crippen molar-refractivity contribution >= 4 is 16.3 Å². The number of allylic oxidation sites excluding steroid dienone is 1. The summed E-state index contributed by atoms with van der Waals surface area (Å²) in [6, 6.07) is 11.9. The van der Waals surface area contributed by atoms with Gasteiger partial charge in [-0.25, -0.2) is 0 Å². The first-order chi connectivity index (χ1) is 5.93. The molecule has 0 heterocycles. The Morgan fingerprint density at radius 3 is 2.58 bits per heavy atom. The minimum atomic E-state index is 1.23. The van der Waals surface area contributed by atoms with E-state index in [9.17, 15) is 0 Å². The molecule has 0 aliphatic heterocycles. The van der Waals surface area contributed by atoms with E-state index in [4.69, 9.17) is 0 Å². The molecule has 0 aromatic heterocycles. The van der Waals surface area contributed by atoms with Gasteiger partial charge in [0.15, 0.2) is 0 Å². The minimum absolute atomic E-state index is 1.23. The molecule has 0 spiro atoms. The Bertz CT molecular complexity index is 226. The highest BCUT2D eigenvalue weighted by Crippen LogP contribution is 2.03. The third kappa shape index (κ3) is 3.53. The Labute approximate surface area is 77.7 Å². The summed E-state index contributed by atoms with van der Waals surface area (Å²) in [6.07, 6.45) is 7.07. The molecule has 1 rings (SSSR count). The lowest BCUT2D eigenvalue weighted by molar-refractivity contribution is 0.959. The van der Waals surface area contributed by atoms with Gasteiger partial charge in [0.25, 0.3) is 0 Å². The van der Waals surface area contributed by atoms with Crippen LogP contribution in [0.15, 0.2) is 36.4 Å². The average Bonchev–Trinajstić information content (AvgIpc) is 2.14. The summed E-state index contributed by atoms with van der Waals surface area (Å²) >= 11 is 0. The zero-order chi connectivity index (χ0) is 8.65. The Morgan fingerprint density at radius 1 is 1.17 bits per heavy atom. The average molecular weight is 176 g/mol. The van der Waals surface area contributed by atoms with Gasteiger partial charge in [-0.15, -0.1) is 0 Å². The standard InChI is InChI=1S/C11H16Si/c12-10-6-2-5-9-11-7-3-1-4-8-11/h1,3-5,7-9H,2,6,10H2,12H3. The predicted molar refractivity (Wildman–Crippen MR) is 59.5 cm³/mol. The highest BCUT2D eigenvalue weighted by Gasteiger charge is 1.81. The molecule has 0 N–H and O–H groups in total. The van der Waals surface area contributed by atoms with Gasteiger partial charge in [0.1, 0.15) is 0 Å². The topological polar surface area (TPSA) is 0 Å². The summed E-state index contributed by atoms with van der Waals surface area (Å²) in [5.41, 5.74) is 1.31. The lowest BCUT2D eigenvalue weighted by atomic mass is 10.2. The van der Waals surface area contributed by atoms with Gasteiger partial charge in [0, 0.05) is 10.2 Å². The number of benzene rings is 1. The van der Waals surface area contributed by atoms with Crippen LogP contribution in [0.2, 0.25) is 6.04 Å². The molecule has 64 valence electrons. The smallest absolute Gasteiger partial charge is 0.00281 e. The van der Waals surface area contributed by atoms with Crippen molar-refractivity contribution in [1.82, 2.24) is 0 Å². The summed E-state index contributed by atoms with van der Waals surface area (Å²) < 4.78 is 0. The molecule has 1 aromatic carbocycles. The lowest BCUT2D eigenvalue weighted by Gasteiger charge is -1.91. The molecule has 0 radical (unpaired) electrons. The summed E-state index contributed by atoms with van der Waals surface area (Å²) in [4.78, 5) is 0. The van der Waals surface area contributed by atoms with E-state index in [0.29, 0.717) is 0 Å². The molecule has 12 heavy (non-hydrogen) atoms. The summed E-state index contributed by atoms with van der Waals surface area (Å²) in [7, 11) is 1.34. The van der Waals surface area contributed by atoms with Gasteiger partial charge in [-0.2, -0.15) is 0 Å². The van der Waals surface area contributed by atoms with E-state index in [1.807, 2.05) is 0 Å². The summed E-state index contributed by atoms with van der Waals surface area (Å²) in [5, 5.41) is 0. The van der Waals surface area contributed by atoms with E-state index in [2.05, 4.69) is 42.5 Å². The predicted octanol–water partition coefficient (Wildman–Crippen LogP) is 2.26. The largest absolute Gasteiger partial charge is 0.0840 e. The van der Waals surface area contributed by atoms with Crippen LogP contribution < -0.4 is 0 Å². The Kier molecular flexibility index (Phi) is 4.46. The molecule has 1 aromatic rings. The first kappa shape index (κ1) is 9.27. The van der Waals surface area contributed by atoms with Crippen molar-refractivity contribution in [2.24, 2.45) is 0 Å². The van der Waals surface area contributed by atoms with Crippen LogP contribution in [0.25, 0.3) is 6.08 Å². The van der Waals surface area contributed by atoms with Gasteiger partial charge in [-0.1, -0.05) is 54.9 Å². The lowest BCUT2D eigenvalue weighted by Crippen LogP contribution is -1.71. The van der Waals surface area contributed by atoms with Gasteiger partial charge in [-0.05, 0) is 12.0 Å². The molecule has 0 fully saturated rings. The number of rotatable bonds is 4. The Morgan fingerprint density at radius 2 is 1.92 bits per heavy atom. The van der Waals surface area contributed by atoms with Crippen LogP contribution in [0, 0.1) is 0 Å². The second-order valence-electron chi connectivity index (χ2n) is 2.96. The highest BCUT2D eigenvalue weighted by molar-refractivity contribution is 6.08. The summed E-state index contributed by atoms with van der Waals surface area (Å²) in [5.74, 6) is 0. The second-order valence-corrected chi connectivity index (χ2v) is 3.96. The van der Waals surface area contributed by atoms with Gasteiger partial charge in [0.05, 0.1) is 0 Å². The highest BCUT2D eigenvalue weighted by atomic mass is 28.1. The van der Waals surface area contributed by atoms with E-state index < -0.39 is 0 Å². The fourth-order valence-corrected chi connectivity index (χ4v) is 1.51. The molecule has 0 aliphatic carbocycles. The quantitative estimate of drug-likeness (QED) is 0.487. The third-order valence-electron chi connectivity index (χ3n) is 1.83. The zero-order valence-electron chi connectivity index (χ0n) is 7.66. The SMILES string of the molecule is [SiH3]CCCC=Cc1ccccc1. The summed E-state index contributed by atoms with van der Waals surface area (Å²) in [6.45, 7) is 0. The number of hydrogen-bond acceptors (Lipinski definition) is 0. The molecule has 0 unspecified atom stereocenters. The van der Waals surface area contributed by atoms with Crippen molar-refractivity contribution in [2.75, 3.05) is 0 Å². The van der Waals surface area contributed by atoms with E-state index in [1.165, 1.54) is 34.7 Å². The maximum absolute atomic E-state index is 2.27. The van der Waals surface area contributed by atoms with Crippen LogP contribution in [0.3, 0.4) is 0 Å². The van der Waals surface area contributed by atoms with Crippen molar-refractivity contribution in [2.45, 2.75) is 18.9 Å². The maximum Gasteiger partial charge on any atom is 0.00281 e. The van der Waals surface area contributed by atoms with Crippen LogP contribution in [0.5, 0.6) is 0 Å². The van der Waals surface area contributed by atoms with E-state index in [0.717, 1.165) is 0 Å². The normalized spacial score (nSPS) is 11.0. The van der Waals surface area contributed by atoms with Crippen molar-refractivity contribution in [3.05, 3.63) is 42.0 Å². The second kappa shape index (κ2) is 5.78. The van der Waals surface area contributed by atoms with Crippen molar-refractivity contribution in [1.29, 1.82) is 0 Å². The van der Waals surface area contributed by atoms with Crippen molar-refractivity contribution in [3.63, 3.8) is 0 Å². The molecule has 0 aliphatic rings. The molecular formula is C11H16Si. The van der Waals surface area contributed by atoms with Crippen LogP contribution in [0.4, 0.5) is 0 Å².